The van der Waals surface area contributed by atoms with Crippen LogP contribution in [0, 0.1) is 5.41 Å². The molecule has 148 valence electrons. The molecule has 0 bridgehead atoms. The summed E-state index contributed by atoms with van der Waals surface area (Å²) >= 11 is 0. The Balaban J connectivity index is 0.00000169. The lowest BCUT2D eigenvalue weighted by Crippen LogP contribution is -2.42. The molecule has 4 nitrogen and oxygen atoms in total. The number of rotatable bonds is 4. The number of nitrogens with two attached hydrogens (primary N) is 1. The van der Waals surface area contributed by atoms with Gasteiger partial charge in [-0.2, -0.15) is 0 Å². The Kier molecular flexibility index (Phi) is 9.77. The summed E-state index contributed by atoms with van der Waals surface area (Å²) in [4.78, 5) is 17.4. The van der Waals surface area contributed by atoms with Gasteiger partial charge >= 0.3 is 0 Å². The van der Waals surface area contributed by atoms with Crippen molar-refractivity contribution < 1.29 is 4.79 Å². The van der Waals surface area contributed by atoms with Gasteiger partial charge in [0.15, 0.2) is 0 Å². The maximum Gasteiger partial charge on any atom is 0.223 e. The van der Waals surface area contributed by atoms with Gasteiger partial charge in [-0.25, -0.2) is 0 Å². The van der Waals surface area contributed by atoms with E-state index in [1.54, 1.807) is 0 Å². The summed E-state index contributed by atoms with van der Waals surface area (Å²) in [6, 6.07) is 10.5. The van der Waals surface area contributed by atoms with Crippen molar-refractivity contribution in [1.29, 1.82) is 0 Å². The molecule has 1 amide bonds. The fourth-order valence-electron chi connectivity index (χ4n) is 4.25. The van der Waals surface area contributed by atoms with Crippen LogP contribution in [0.2, 0.25) is 0 Å². The summed E-state index contributed by atoms with van der Waals surface area (Å²) in [6.45, 7) is 4.31. The second-order valence-corrected chi connectivity index (χ2v) is 7.50. The first-order valence-electron chi connectivity index (χ1n) is 9.50. The van der Waals surface area contributed by atoms with Crippen molar-refractivity contribution in [3.8, 4) is 0 Å². The van der Waals surface area contributed by atoms with Gasteiger partial charge < -0.3 is 15.5 Å². The lowest BCUT2D eigenvalue weighted by molar-refractivity contribution is -0.134. The molecule has 1 aliphatic heterocycles. The molecule has 2 fully saturated rings. The van der Waals surface area contributed by atoms with Crippen molar-refractivity contribution in [2.24, 2.45) is 11.1 Å². The number of para-hydroxylation sites is 1. The third kappa shape index (κ3) is 5.77. The largest absolute Gasteiger partial charge is 0.370 e. The summed E-state index contributed by atoms with van der Waals surface area (Å²) in [5.74, 6) is 0.317. The Bertz CT molecular complexity index is 535. The van der Waals surface area contributed by atoms with Crippen molar-refractivity contribution in [3.05, 3.63) is 30.3 Å². The van der Waals surface area contributed by atoms with E-state index < -0.39 is 0 Å². The number of halogens is 2. The molecule has 2 N–H and O–H groups in total. The maximum absolute atomic E-state index is 12.9. The molecular weight excluding hydrogens is 369 g/mol. The molecule has 1 heterocycles. The molecule has 1 aromatic rings. The van der Waals surface area contributed by atoms with Crippen LogP contribution in [0.4, 0.5) is 5.69 Å². The molecule has 1 saturated heterocycles. The molecule has 1 aromatic carbocycles. The minimum atomic E-state index is 0. The predicted molar refractivity (Wildman–Crippen MR) is 114 cm³/mol. The quantitative estimate of drug-likeness (QED) is 0.832. The van der Waals surface area contributed by atoms with Gasteiger partial charge in [-0.1, -0.05) is 37.5 Å². The van der Waals surface area contributed by atoms with E-state index >= 15 is 0 Å². The number of hydrogen-bond donors (Lipinski definition) is 1. The van der Waals surface area contributed by atoms with Crippen LogP contribution in [0.3, 0.4) is 0 Å². The normalized spacial score (nSPS) is 19.7. The van der Waals surface area contributed by atoms with E-state index in [0.717, 1.165) is 45.4 Å². The average Bonchev–Trinajstić information content (AvgIpc) is 2.89. The molecule has 0 aromatic heterocycles. The van der Waals surface area contributed by atoms with Crippen molar-refractivity contribution in [3.63, 3.8) is 0 Å². The van der Waals surface area contributed by atoms with E-state index in [4.69, 9.17) is 5.73 Å². The summed E-state index contributed by atoms with van der Waals surface area (Å²) in [6.07, 6.45) is 7.69. The first-order chi connectivity index (χ1) is 11.7. The molecule has 2 aliphatic rings. The molecule has 26 heavy (non-hydrogen) atoms. The smallest absolute Gasteiger partial charge is 0.223 e. The van der Waals surface area contributed by atoms with Crippen LogP contribution in [0.15, 0.2) is 30.3 Å². The SMILES string of the molecule is Cl.Cl.NCC1(CC(=O)N2CCCN(c3ccccc3)CC2)CCCCC1. The molecule has 1 aliphatic carbocycles. The zero-order valence-electron chi connectivity index (χ0n) is 15.6. The van der Waals surface area contributed by atoms with Gasteiger partial charge in [-0.3, -0.25) is 4.79 Å². The molecule has 1 saturated carbocycles. The second kappa shape index (κ2) is 11.0. The van der Waals surface area contributed by atoms with E-state index in [0.29, 0.717) is 18.9 Å². The molecule has 0 spiro atoms. The number of nitrogens with zero attached hydrogens (tertiary/aromatic N) is 2. The first-order valence-corrected chi connectivity index (χ1v) is 9.50. The first kappa shape index (κ1) is 23.1. The lowest BCUT2D eigenvalue weighted by atomic mass is 9.71. The summed E-state index contributed by atoms with van der Waals surface area (Å²) in [5.41, 5.74) is 7.40. The van der Waals surface area contributed by atoms with Gasteiger partial charge in [0.25, 0.3) is 0 Å². The van der Waals surface area contributed by atoms with E-state index in [9.17, 15) is 4.79 Å². The van der Waals surface area contributed by atoms with Crippen LogP contribution in [-0.2, 0) is 4.79 Å². The monoisotopic (exact) mass is 401 g/mol. The number of carbonyl (C=O) groups is 1. The predicted octanol–water partition coefficient (Wildman–Crippen LogP) is 3.87. The molecule has 6 heteroatoms. The van der Waals surface area contributed by atoms with E-state index in [2.05, 4.69) is 34.1 Å². The molecular formula is C20H33Cl2N3O. The number of carbonyl (C=O) groups excluding carboxylic acids is 1. The number of benzene rings is 1. The van der Waals surface area contributed by atoms with Gasteiger partial charge in [0.05, 0.1) is 0 Å². The second-order valence-electron chi connectivity index (χ2n) is 7.50. The van der Waals surface area contributed by atoms with Gasteiger partial charge in [-0.05, 0) is 43.4 Å². The fraction of sp³-hybridized carbons (Fsp3) is 0.650. The Morgan fingerprint density at radius 1 is 0.923 bits per heavy atom. The third-order valence-electron chi connectivity index (χ3n) is 5.84. The Labute approximate surface area is 170 Å². The van der Waals surface area contributed by atoms with Crippen molar-refractivity contribution >= 4 is 36.4 Å². The van der Waals surface area contributed by atoms with Crippen LogP contribution >= 0.6 is 24.8 Å². The maximum atomic E-state index is 12.9. The standard InChI is InChI=1S/C20H31N3O.2ClH/c21-17-20(10-5-2-6-11-20)16-19(24)23-13-7-12-22(14-15-23)18-8-3-1-4-9-18;;/h1,3-4,8-9H,2,5-7,10-17,21H2;2*1H. The van der Waals surface area contributed by atoms with E-state index in [1.165, 1.54) is 24.9 Å². The summed E-state index contributed by atoms with van der Waals surface area (Å²) in [7, 11) is 0. The van der Waals surface area contributed by atoms with Gasteiger partial charge in [0.2, 0.25) is 5.91 Å². The van der Waals surface area contributed by atoms with Crippen molar-refractivity contribution in [1.82, 2.24) is 4.90 Å². The summed E-state index contributed by atoms with van der Waals surface area (Å²) < 4.78 is 0. The molecule has 0 unspecified atom stereocenters. The van der Waals surface area contributed by atoms with Gasteiger partial charge in [0.1, 0.15) is 0 Å². The fourth-order valence-corrected chi connectivity index (χ4v) is 4.25. The minimum Gasteiger partial charge on any atom is -0.370 e. The van der Waals surface area contributed by atoms with Crippen LogP contribution in [-0.4, -0.2) is 43.5 Å². The molecule has 0 radical (unpaired) electrons. The minimum absolute atomic E-state index is 0. The zero-order chi connectivity index (χ0) is 16.8. The molecule has 3 rings (SSSR count). The Hall–Kier alpha value is -0.970. The van der Waals surface area contributed by atoms with Crippen LogP contribution in [0.25, 0.3) is 0 Å². The third-order valence-corrected chi connectivity index (χ3v) is 5.84. The highest BCUT2D eigenvalue weighted by Crippen LogP contribution is 2.38. The van der Waals surface area contributed by atoms with Crippen molar-refractivity contribution in [2.75, 3.05) is 37.6 Å². The Morgan fingerprint density at radius 3 is 2.27 bits per heavy atom. The van der Waals surface area contributed by atoms with Crippen LogP contribution in [0.5, 0.6) is 0 Å². The summed E-state index contributed by atoms with van der Waals surface area (Å²) in [5, 5.41) is 0. The van der Waals surface area contributed by atoms with Crippen LogP contribution in [0.1, 0.15) is 44.9 Å². The van der Waals surface area contributed by atoms with Gasteiger partial charge in [0, 0.05) is 38.3 Å². The number of hydrogen-bond acceptors (Lipinski definition) is 3. The van der Waals surface area contributed by atoms with E-state index in [-0.39, 0.29) is 30.2 Å². The highest BCUT2D eigenvalue weighted by Gasteiger charge is 2.34. The highest BCUT2D eigenvalue weighted by atomic mass is 35.5. The van der Waals surface area contributed by atoms with E-state index in [1.807, 2.05) is 6.07 Å². The number of anilines is 1. The average molecular weight is 402 g/mol. The van der Waals surface area contributed by atoms with Gasteiger partial charge in [-0.15, -0.1) is 24.8 Å². The number of amides is 1. The zero-order valence-corrected chi connectivity index (χ0v) is 17.2. The Morgan fingerprint density at radius 2 is 1.62 bits per heavy atom. The lowest BCUT2D eigenvalue weighted by Gasteiger charge is -2.37. The highest BCUT2D eigenvalue weighted by molar-refractivity contribution is 5.85. The topological polar surface area (TPSA) is 49.6 Å². The van der Waals surface area contributed by atoms with Crippen molar-refractivity contribution in [2.45, 2.75) is 44.9 Å². The van der Waals surface area contributed by atoms with Crippen LogP contribution < -0.4 is 10.6 Å². The molecule has 0 atom stereocenters.